The molecule has 114 valence electrons. The molecule has 4 rings (SSSR count). The number of hydrogen-bond donors (Lipinski definition) is 0. The maximum Gasteiger partial charge on any atom is 0.235 e. The third-order valence-corrected chi connectivity index (χ3v) is 4.61. The molecule has 0 bridgehead atoms. The molecule has 0 aliphatic carbocycles. The fourth-order valence-electron chi connectivity index (χ4n) is 2.27. The largest absolute Gasteiger partial charge is 0.497 e. The molecule has 4 aromatic rings. The minimum absolute atomic E-state index is 0.685. The van der Waals surface area contributed by atoms with Gasteiger partial charge in [-0.15, -0.1) is 10.2 Å². The first-order chi connectivity index (χ1) is 11.2. The van der Waals surface area contributed by atoms with Gasteiger partial charge in [0.15, 0.2) is 5.82 Å². The van der Waals surface area contributed by atoms with E-state index in [1.54, 1.807) is 11.6 Å². The molecule has 2 aromatic heterocycles. The molecule has 0 fully saturated rings. The van der Waals surface area contributed by atoms with Crippen molar-refractivity contribution in [3.8, 4) is 27.7 Å². The second kappa shape index (κ2) is 5.64. The Morgan fingerprint density at radius 2 is 1.87 bits per heavy atom. The maximum absolute atomic E-state index is 5.94. The van der Waals surface area contributed by atoms with E-state index in [1.165, 1.54) is 11.3 Å². The normalized spacial score (nSPS) is 11.0. The zero-order valence-corrected chi connectivity index (χ0v) is 13.7. The molecular formula is C16H11ClN4OS. The lowest BCUT2D eigenvalue weighted by Gasteiger charge is -2.01. The van der Waals surface area contributed by atoms with Crippen molar-refractivity contribution < 1.29 is 4.74 Å². The van der Waals surface area contributed by atoms with Crippen LogP contribution < -0.4 is 4.74 Å². The highest BCUT2D eigenvalue weighted by molar-refractivity contribution is 7.19. The van der Waals surface area contributed by atoms with Crippen molar-refractivity contribution in [1.82, 2.24) is 19.8 Å². The Bertz CT molecular complexity index is 977. The summed E-state index contributed by atoms with van der Waals surface area (Å²) in [4.78, 5) is 0.743. The number of rotatable bonds is 3. The molecule has 2 aromatic carbocycles. The highest BCUT2D eigenvalue weighted by Gasteiger charge is 2.14. The van der Waals surface area contributed by atoms with E-state index in [4.69, 9.17) is 16.3 Å². The number of halogens is 1. The average molecular weight is 343 g/mol. The van der Waals surface area contributed by atoms with E-state index in [-0.39, 0.29) is 0 Å². The van der Waals surface area contributed by atoms with Crippen LogP contribution in [0.5, 0.6) is 5.75 Å². The van der Waals surface area contributed by atoms with Crippen LogP contribution in [0.2, 0.25) is 5.02 Å². The van der Waals surface area contributed by atoms with Gasteiger partial charge in [-0.05, 0) is 36.4 Å². The lowest BCUT2D eigenvalue weighted by atomic mass is 10.2. The zero-order chi connectivity index (χ0) is 15.8. The van der Waals surface area contributed by atoms with Crippen LogP contribution in [0.3, 0.4) is 0 Å². The third-order valence-electron chi connectivity index (χ3n) is 3.41. The highest BCUT2D eigenvalue weighted by Crippen LogP contribution is 2.30. The van der Waals surface area contributed by atoms with Gasteiger partial charge < -0.3 is 4.74 Å². The van der Waals surface area contributed by atoms with Gasteiger partial charge >= 0.3 is 0 Å². The van der Waals surface area contributed by atoms with Crippen LogP contribution in [0.4, 0.5) is 0 Å². The molecule has 0 radical (unpaired) electrons. The topological polar surface area (TPSA) is 52.3 Å². The molecule has 0 atom stereocenters. The van der Waals surface area contributed by atoms with Gasteiger partial charge in [0.25, 0.3) is 0 Å². The number of aromatic nitrogens is 4. The van der Waals surface area contributed by atoms with Crippen LogP contribution in [0, 0.1) is 0 Å². The summed E-state index contributed by atoms with van der Waals surface area (Å²) in [6.45, 7) is 0. The van der Waals surface area contributed by atoms with Crippen LogP contribution in [-0.2, 0) is 0 Å². The number of benzene rings is 2. The lowest BCUT2D eigenvalue weighted by molar-refractivity contribution is 0.415. The number of methoxy groups -OCH3 is 1. The summed E-state index contributed by atoms with van der Waals surface area (Å²) in [5, 5.41) is 14.6. The number of ether oxygens (including phenoxy) is 1. The van der Waals surface area contributed by atoms with E-state index in [2.05, 4.69) is 15.3 Å². The average Bonchev–Trinajstić information content (AvgIpc) is 3.16. The monoisotopic (exact) mass is 342 g/mol. The van der Waals surface area contributed by atoms with Crippen molar-refractivity contribution in [2.75, 3.05) is 7.11 Å². The highest BCUT2D eigenvalue weighted by atomic mass is 35.5. The van der Waals surface area contributed by atoms with Gasteiger partial charge in [0, 0.05) is 16.1 Å². The van der Waals surface area contributed by atoms with Crippen molar-refractivity contribution in [3.05, 3.63) is 53.6 Å². The summed E-state index contributed by atoms with van der Waals surface area (Å²) in [6.07, 6.45) is 0. The second-order valence-electron chi connectivity index (χ2n) is 4.86. The van der Waals surface area contributed by atoms with E-state index in [1.807, 2.05) is 48.5 Å². The SMILES string of the molecule is COc1cccc(-c2nn3c(-c4ccc(Cl)cc4)nnc3s2)c1. The minimum atomic E-state index is 0.685. The molecule has 0 aliphatic rings. The smallest absolute Gasteiger partial charge is 0.235 e. The van der Waals surface area contributed by atoms with Crippen LogP contribution in [0.15, 0.2) is 48.5 Å². The molecule has 0 aliphatic heterocycles. The molecule has 0 spiro atoms. The first-order valence-electron chi connectivity index (χ1n) is 6.87. The molecule has 0 amide bonds. The summed E-state index contributed by atoms with van der Waals surface area (Å²) in [5.74, 6) is 1.49. The summed E-state index contributed by atoms with van der Waals surface area (Å²) in [5.41, 5.74) is 1.91. The molecule has 5 nitrogen and oxygen atoms in total. The van der Waals surface area contributed by atoms with E-state index in [0.29, 0.717) is 10.8 Å². The van der Waals surface area contributed by atoms with Gasteiger partial charge in [-0.1, -0.05) is 35.1 Å². The number of hydrogen-bond acceptors (Lipinski definition) is 5. The maximum atomic E-state index is 5.94. The van der Waals surface area contributed by atoms with E-state index in [0.717, 1.165) is 26.8 Å². The summed E-state index contributed by atoms with van der Waals surface area (Å²) in [7, 11) is 1.65. The lowest BCUT2D eigenvalue weighted by Crippen LogP contribution is -1.91. The van der Waals surface area contributed by atoms with Crippen molar-refractivity contribution in [2.24, 2.45) is 0 Å². The molecule has 0 saturated carbocycles. The molecule has 0 saturated heterocycles. The number of nitrogens with zero attached hydrogens (tertiary/aromatic N) is 4. The van der Waals surface area contributed by atoms with Crippen LogP contribution >= 0.6 is 22.9 Å². The van der Waals surface area contributed by atoms with Crippen molar-refractivity contribution in [2.45, 2.75) is 0 Å². The van der Waals surface area contributed by atoms with Gasteiger partial charge in [0.05, 0.1) is 7.11 Å². The van der Waals surface area contributed by atoms with Gasteiger partial charge in [0.1, 0.15) is 10.8 Å². The number of fused-ring (bicyclic) bond motifs is 1. The third kappa shape index (κ3) is 2.56. The first kappa shape index (κ1) is 14.2. The Hall–Kier alpha value is -2.44. The fraction of sp³-hybridized carbons (Fsp3) is 0.0625. The zero-order valence-electron chi connectivity index (χ0n) is 12.1. The molecule has 0 N–H and O–H groups in total. The minimum Gasteiger partial charge on any atom is -0.497 e. The summed E-state index contributed by atoms with van der Waals surface area (Å²) in [6, 6.07) is 15.3. The molecular weight excluding hydrogens is 332 g/mol. The fourth-order valence-corrected chi connectivity index (χ4v) is 3.23. The quantitative estimate of drug-likeness (QED) is 0.560. The van der Waals surface area contributed by atoms with Gasteiger partial charge in [-0.25, -0.2) is 0 Å². The molecule has 2 heterocycles. The van der Waals surface area contributed by atoms with E-state index in [9.17, 15) is 0 Å². The first-order valence-corrected chi connectivity index (χ1v) is 8.06. The van der Waals surface area contributed by atoms with Crippen LogP contribution in [0.25, 0.3) is 26.9 Å². The van der Waals surface area contributed by atoms with Gasteiger partial charge in [-0.2, -0.15) is 9.61 Å². The van der Waals surface area contributed by atoms with Crippen molar-refractivity contribution in [1.29, 1.82) is 0 Å². The van der Waals surface area contributed by atoms with Crippen molar-refractivity contribution >= 4 is 27.9 Å². The van der Waals surface area contributed by atoms with Gasteiger partial charge in [-0.3, -0.25) is 0 Å². The summed E-state index contributed by atoms with van der Waals surface area (Å²) < 4.78 is 7.02. The Balaban J connectivity index is 1.81. The van der Waals surface area contributed by atoms with Gasteiger partial charge in [0.2, 0.25) is 4.96 Å². The van der Waals surface area contributed by atoms with Crippen LogP contribution in [-0.4, -0.2) is 26.9 Å². The van der Waals surface area contributed by atoms with Crippen LogP contribution in [0.1, 0.15) is 0 Å². The van der Waals surface area contributed by atoms with E-state index >= 15 is 0 Å². The summed E-state index contributed by atoms with van der Waals surface area (Å²) >= 11 is 7.42. The Labute approximate surface area is 141 Å². The van der Waals surface area contributed by atoms with Crippen molar-refractivity contribution in [3.63, 3.8) is 0 Å². The Morgan fingerprint density at radius 3 is 2.65 bits per heavy atom. The standard InChI is InChI=1S/C16H11ClN4OS/c1-22-13-4-2-3-11(9-13)15-20-21-14(18-19-16(21)23-15)10-5-7-12(17)8-6-10/h2-9H,1H3. The molecule has 7 heteroatoms. The second-order valence-corrected chi connectivity index (χ2v) is 6.26. The molecule has 0 unspecified atom stereocenters. The molecule has 23 heavy (non-hydrogen) atoms. The van der Waals surface area contributed by atoms with E-state index < -0.39 is 0 Å². The Morgan fingerprint density at radius 1 is 1.04 bits per heavy atom. The Kier molecular flexibility index (Phi) is 3.48. The predicted octanol–water partition coefficient (Wildman–Crippen LogP) is 4.18. The predicted molar refractivity (Wildman–Crippen MR) is 91.1 cm³/mol.